The van der Waals surface area contributed by atoms with Crippen molar-refractivity contribution in [3.63, 3.8) is 0 Å². The number of nitrogens with two attached hydrogens (primary N) is 1. The number of amides is 1. The molecule has 5 heteroatoms. The molecule has 0 bridgehead atoms. The Morgan fingerprint density at radius 1 is 1.53 bits per heavy atom. The summed E-state index contributed by atoms with van der Waals surface area (Å²) in [5, 5.41) is 2.77. The minimum atomic E-state index is -0.436. The van der Waals surface area contributed by atoms with E-state index in [0.717, 1.165) is 11.5 Å². The lowest BCUT2D eigenvalue weighted by Crippen LogP contribution is -2.38. The van der Waals surface area contributed by atoms with Crippen LogP contribution >= 0.6 is 11.8 Å². The van der Waals surface area contributed by atoms with Crippen molar-refractivity contribution in [2.75, 3.05) is 18.1 Å². The molecule has 0 spiro atoms. The number of thioether (sulfide) groups is 1. The average molecular weight is 234 g/mol. The van der Waals surface area contributed by atoms with Crippen LogP contribution in [-0.4, -0.2) is 35.8 Å². The van der Waals surface area contributed by atoms with Crippen LogP contribution in [0, 0.1) is 0 Å². The van der Waals surface area contributed by atoms with Crippen LogP contribution in [0.5, 0.6) is 0 Å². The van der Waals surface area contributed by atoms with E-state index >= 15 is 0 Å². The smallest absolute Gasteiger partial charge is 0.407 e. The third-order valence-corrected chi connectivity index (χ3v) is 2.65. The van der Waals surface area contributed by atoms with E-state index in [1.807, 2.05) is 27.7 Å². The van der Waals surface area contributed by atoms with E-state index in [4.69, 9.17) is 10.5 Å². The molecular weight excluding hydrogens is 212 g/mol. The number of nitrogens with one attached hydrogen (secondary N) is 1. The summed E-state index contributed by atoms with van der Waals surface area (Å²) >= 11 is 1.73. The maximum Gasteiger partial charge on any atom is 0.407 e. The highest BCUT2D eigenvalue weighted by atomic mass is 32.2. The van der Waals surface area contributed by atoms with E-state index in [0.29, 0.717) is 6.54 Å². The maximum absolute atomic E-state index is 11.3. The van der Waals surface area contributed by atoms with Gasteiger partial charge in [-0.05, 0) is 27.7 Å². The number of ether oxygens (including phenoxy) is 1. The van der Waals surface area contributed by atoms with Crippen LogP contribution in [0.25, 0.3) is 0 Å². The molecule has 0 aromatic rings. The molecule has 0 aromatic carbocycles. The molecule has 0 heterocycles. The van der Waals surface area contributed by atoms with Crippen molar-refractivity contribution in [1.82, 2.24) is 5.32 Å². The Balaban J connectivity index is 3.67. The Hall–Kier alpha value is -0.420. The molecule has 0 aliphatic rings. The summed E-state index contributed by atoms with van der Waals surface area (Å²) in [7, 11) is 0. The molecule has 0 fully saturated rings. The van der Waals surface area contributed by atoms with Crippen molar-refractivity contribution in [3.05, 3.63) is 0 Å². The van der Waals surface area contributed by atoms with Crippen molar-refractivity contribution in [2.45, 2.75) is 39.3 Å². The molecule has 0 saturated carbocycles. The maximum atomic E-state index is 11.3. The van der Waals surface area contributed by atoms with Crippen molar-refractivity contribution in [1.29, 1.82) is 0 Å². The topological polar surface area (TPSA) is 64.3 Å². The lowest BCUT2D eigenvalue weighted by Gasteiger charge is -2.21. The molecule has 1 atom stereocenters. The Kier molecular flexibility index (Phi) is 6.76. The summed E-state index contributed by atoms with van der Waals surface area (Å²) < 4.78 is 5.13. The van der Waals surface area contributed by atoms with E-state index < -0.39 is 5.60 Å². The van der Waals surface area contributed by atoms with E-state index in [1.165, 1.54) is 0 Å². The minimum Gasteiger partial charge on any atom is -0.444 e. The fourth-order valence-electron chi connectivity index (χ4n) is 0.894. The van der Waals surface area contributed by atoms with Crippen LogP contribution in [0.4, 0.5) is 4.79 Å². The van der Waals surface area contributed by atoms with Crippen molar-refractivity contribution >= 4 is 17.9 Å². The number of hydrogen-bond acceptors (Lipinski definition) is 4. The van der Waals surface area contributed by atoms with Crippen LogP contribution in [0.2, 0.25) is 0 Å². The summed E-state index contributed by atoms with van der Waals surface area (Å²) in [5.74, 6) is 1.77. The van der Waals surface area contributed by atoms with Gasteiger partial charge in [-0.1, -0.05) is 0 Å². The number of carbonyl (C=O) groups excluding carboxylic acids is 1. The molecule has 90 valence electrons. The van der Waals surface area contributed by atoms with Crippen LogP contribution in [0.1, 0.15) is 27.7 Å². The van der Waals surface area contributed by atoms with Crippen LogP contribution in [0.3, 0.4) is 0 Å². The number of hydrogen-bond donors (Lipinski definition) is 2. The zero-order valence-electron chi connectivity index (χ0n) is 10.0. The Bertz CT molecular complexity index is 192. The zero-order chi connectivity index (χ0) is 11.9. The van der Waals surface area contributed by atoms with Gasteiger partial charge in [0, 0.05) is 24.1 Å². The minimum absolute atomic E-state index is 0.108. The summed E-state index contributed by atoms with van der Waals surface area (Å²) in [6.07, 6.45) is -0.358. The molecule has 0 saturated heterocycles. The number of alkyl carbamates (subject to hydrolysis) is 1. The summed E-state index contributed by atoms with van der Waals surface area (Å²) in [5.41, 5.74) is 4.93. The molecule has 0 aliphatic carbocycles. The second kappa shape index (κ2) is 6.95. The first-order valence-electron chi connectivity index (χ1n) is 5.12. The van der Waals surface area contributed by atoms with Gasteiger partial charge >= 0.3 is 6.09 Å². The lowest BCUT2D eigenvalue weighted by atomic mass is 10.2. The first kappa shape index (κ1) is 14.6. The Morgan fingerprint density at radius 3 is 2.60 bits per heavy atom. The third-order valence-electron chi connectivity index (χ3n) is 1.39. The number of rotatable bonds is 5. The fraction of sp³-hybridized carbons (Fsp3) is 0.900. The molecule has 3 N–H and O–H groups in total. The average Bonchev–Trinajstić information content (AvgIpc) is 2.00. The van der Waals surface area contributed by atoms with Gasteiger partial charge in [0.05, 0.1) is 0 Å². The molecule has 0 aliphatic heterocycles. The van der Waals surface area contributed by atoms with Gasteiger partial charge in [0.15, 0.2) is 0 Å². The van der Waals surface area contributed by atoms with E-state index in [9.17, 15) is 4.79 Å². The highest BCUT2D eigenvalue weighted by molar-refractivity contribution is 7.99. The first-order valence-corrected chi connectivity index (χ1v) is 6.28. The Labute approximate surface area is 96.3 Å². The molecule has 4 nitrogen and oxygen atoms in total. The van der Waals surface area contributed by atoms with Crippen LogP contribution < -0.4 is 11.1 Å². The van der Waals surface area contributed by atoms with Crippen LogP contribution in [-0.2, 0) is 4.74 Å². The summed E-state index contributed by atoms with van der Waals surface area (Å²) in [6.45, 7) is 8.17. The molecule has 0 radical (unpaired) electrons. The van der Waals surface area contributed by atoms with Crippen molar-refractivity contribution in [3.8, 4) is 0 Å². The van der Waals surface area contributed by atoms with E-state index in [1.54, 1.807) is 11.8 Å². The monoisotopic (exact) mass is 234 g/mol. The van der Waals surface area contributed by atoms with Gasteiger partial charge in [-0.3, -0.25) is 0 Å². The highest BCUT2D eigenvalue weighted by Gasteiger charge is 2.17. The van der Waals surface area contributed by atoms with Crippen molar-refractivity contribution in [2.24, 2.45) is 5.73 Å². The first-order chi connectivity index (χ1) is 6.85. The molecule has 15 heavy (non-hydrogen) atoms. The third kappa shape index (κ3) is 9.87. The number of carbonyl (C=O) groups is 1. The molecule has 1 amide bonds. The normalized spacial score (nSPS) is 13.4. The SMILES string of the molecule is CC(CSCCN)NC(=O)OC(C)(C)C. The predicted molar refractivity (Wildman–Crippen MR) is 65.2 cm³/mol. The second-order valence-corrected chi connectivity index (χ2v) is 5.56. The molecular formula is C10H22N2O2S. The van der Waals surface area contributed by atoms with Gasteiger partial charge in [0.2, 0.25) is 0 Å². The Morgan fingerprint density at radius 2 is 2.13 bits per heavy atom. The van der Waals surface area contributed by atoms with Crippen LogP contribution in [0.15, 0.2) is 0 Å². The fourth-order valence-corrected chi connectivity index (χ4v) is 1.66. The van der Waals surface area contributed by atoms with Gasteiger partial charge in [0.1, 0.15) is 5.60 Å². The molecule has 0 aromatic heterocycles. The molecule has 1 unspecified atom stereocenters. The van der Waals surface area contributed by atoms with Gasteiger partial charge in [-0.15, -0.1) is 0 Å². The largest absolute Gasteiger partial charge is 0.444 e. The standard InChI is InChI=1S/C10H22N2O2S/c1-8(7-15-6-5-11)12-9(13)14-10(2,3)4/h8H,5-7,11H2,1-4H3,(H,12,13). The summed E-state index contributed by atoms with van der Waals surface area (Å²) in [4.78, 5) is 11.3. The zero-order valence-corrected chi connectivity index (χ0v) is 10.8. The highest BCUT2D eigenvalue weighted by Crippen LogP contribution is 2.07. The lowest BCUT2D eigenvalue weighted by molar-refractivity contribution is 0.0513. The predicted octanol–water partition coefficient (Wildman–Crippen LogP) is 1.59. The van der Waals surface area contributed by atoms with Crippen molar-refractivity contribution < 1.29 is 9.53 Å². The van der Waals surface area contributed by atoms with Gasteiger partial charge in [0.25, 0.3) is 0 Å². The quantitative estimate of drug-likeness (QED) is 0.709. The van der Waals surface area contributed by atoms with Gasteiger partial charge in [-0.2, -0.15) is 11.8 Å². The molecule has 0 rings (SSSR count). The van der Waals surface area contributed by atoms with E-state index in [2.05, 4.69) is 5.32 Å². The van der Waals surface area contributed by atoms with E-state index in [-0.39, 0.29) is 12.1 Å². The second-order valence-electron chi connectivity index (χ2n) is 4.41. The summed E-state index contributed by atoms with van der Waals surface area (Å²) in [6, 6.07) is 0.108. The van der Waals surface area contributed by atoms with Gasteiger partial charge in [-0.25, -0.2) is 4.79 Å². The van der Waals surface area contributed by atoms with Gasteiger partial charge < -0.3 is 15.8 Å².